The minimum atomic E-state index is -3.17. The van der Waals surface area contributed by atoms with Crippen molar-refractivity contribution in [3.8, 4) is 0 Å². The van der Waals surface area contributed by atoms with Crippen LogP contribution in [0.5, 0.6) is 0 Å². The number of esters is 1. The predicted molar refractivity (Wildman–Crippen MR) is 111 cm³/mol. The number of carbonyl (C=O) groups excluding carboxylic acids is 4. The zero-order chi connectivity index (χ0) is 23.0. The first-order chi connectivity index (χ1) is 14.5. The van der Waals surface area contributed by atoms with Crippen LogP contribution in [0.3, 0.4) is 0 Å². The van der Waals surface area contributed by atoms with Gasteiger partial charge in [0.25, 0.3) is 11.8 Å². The van der Waals surface area contributed by atoms with Crippen molar-refractivity contribution in [2.75, 3.05) is 31.6 Å². The summed E-state index contributed by atoms with van der Waals surface area (Å²) in [6.45, 7) is 2.88. The van der Waals surface area contributed by atoms with Gasteiger partial charge >= 0.3 is 12.0 Å². The lowest BCUT2D eigenvalue weighted by atomic mass is 9.81. The number of urea groups is 1. The van der Waals surface area contributed by atoms with Crippen molar-refractivity contribution in [2.24, 2.45) is 0 Å². The number of sulfone groups is 1. The molecule has 2 unspecified atom stereocenters. The Kier molecular flexibility index (Phi) is 6.64. The number of carbonyl (C=O) groups is 4. The summed E-state index contributed by atoms with van der Waals surface area (Å²) in [7, 11) is -1.59. The van der Waals surface area contributed by atoms with Crippen LogP contribution in [0.2, 0.25) is 0 Å². The molecule has 0 radical (unpaired) electrons. The van der Waals surface area contributed by atoms with Crippen LogP contribution in [0, 0.1) is 0 Å². The molecule has 174 valence electrons. The summed E-state index contributed by atoms with van der Waals surface area (Å²) in [5, 5.41) is 0. The van der Waals surface area contributed by atoms with Gasteiger partial charge in [-0.25, -0.2) is 13.2 Å². The number of rotatable bonds is 6. The van der Waals surface area contributed by atoms with Crippen LogP contribution in [0.1, 0.15) is 52.4 Å². The van der Waals surface area contributed by atoms with E-state index in [9.17, 15) is 27.6 Å². The van der Waals surface area contributed by atoms with Gasteiger partial charge in [0.1, 0.15) is 12.1 Å². The predicted octanol–water partition coefficient (Wildman–Crippen LogP) is 0.551. The minimum absolute atomic E-state index is 0.0318. The highest BCUT2D eigenvalue weighted by Crippen LogP contribution is 2.39. The molecule has 3 fully saturated rings. The molecule has 2 heterocycles. The van der Waals surface area contributed by atoms with Crippen molar-refractivity contribution in [3.63, 3.8) is 0 Å². The second kappa shape index (κ2) is 8.76. The van der Waals surface area contributed by atoms with E-state index >= 15 is 0 Å². The third kappa shape index (κ3) is 4.42. The van der Waals surface area contributed by atoms with Crippen LogP contribution in [0.15, 0.2) is 0 Å². The van der Waals surface area contributed by atoms with E-state index in [4.69, 9.17) is 4.74 Å². The third-order valence-corrected chi connectivity index (χ3v) is 8.45. The van der Waals surface area contributed by atoms with E-state index in [0.29, 0.717) is 19.3 Å². The quantitative estimate of drug-likeness (QED) is 0.422. The Bertz CT molecular complexity index is 866. The molecular formula is C20H31N3O7S. The van der Waals surface area contributed by atoms with E-state index < -0.39 is 52.0 Å². The van der Waals surface area contributed by atoms with Gasteiger partial charge in [-0.1, -0.05) is 19.3 Å². The lowest BCUT2D eigenvalue weighted by Crippen LogP contribution is -2.49. The van der Waals surface area contributed by atoms with Crippen molar-refractivity contribution in [3.05, 3.63) is 0 Å². The molecule has 3 aliphatic rings. The zero-order valence-electron chi connectivity index (χ0n) is 18.3. The largest absolute Gasteiger partial charge is 0.451 e. The number of ether oxygens (including phenoxy) is 1. The smallest absolute Gasteiger partial charge is 0.327 e. The molecule has 2 aliphatic heterocycles. The fourth-order valence-electron chi connectivity index (χ4n) is 4.93. The topological polar surface area (TPSA) is 121 Å². The van der Waals surface area contributed by atoms with Crippen LogP contribution >= 0.6 is 0 Å². The first kappa shape index (κ1) is 23.5. The fourth-order valence-corrected chi connectivity index (χ4v) is 6.66. The average molecular weight is 458 g/mol. The number of likely N-dealkylation sites (N-methyl/N-ethyl adjacent to an activating group) is 2. The van der Waals surface area contributed by atoms with E-state index in [0.717, 1.165) is 24.2 Å². The molecule has 0 aromatic carbocycles. The van der Waals surface area contributed by atoms with E-state index in [-0.39, 0.29) is 24.0 Å². The molecule has 3 rings (SSSR count). The van der Waals surface area contributed by atoms with E-state index in [1.807, 2.05) is 0 Å². The highest BCUT2D eigenvalue weighted by atomic mass is 32.2. The number of hydrogen-bond donors (Lipinski definition) is 0. The molecule has 1 spiro atoms. The highest BCUT2D eigenvalue weighted by Gasteiger charge is 2.56. The normalized spacial score (nSPS) is 25.7. The summed E-state index contributed by atoms with van der Waals surface area (Å²) in [5.74, 6) is -1.79. The van der Waals surface area contributed by atoms with E-state index in [1.165, 1.54) is 16.7 Å². The Balaban J connectivity index is 1.61. The Hall–Kier alpha value is -2.17. The molecule has 0 bridgehead atoms. The average Bonchev–Trinajstić information content (AvgIpc) is 3.16. The van der Waals surface area contributed by atoms with Crippen LogP contribution < -0.4 is 0 Å². The van der Waals surface area contributed by atoms with Crippen LogP contribution in [-0.4, -0.2) is 96.3 Å². The van der Waals surface area contributed by atoms with Gasteiger partial charge < -0.3 is 14.5 Å². The minimum Gasteiger partial charge on any atom is -0.451 e. The lowest BCUT2D eigenvalue weighted by molar-refractivity contribution is -0.161. The molecule has 10 nitrogen and oxygen atoms in total. The molecule has 2 atom stereocenters. The second-order valence-corrected chi connectivity index (χ2v) is 10.9. The molecule has 0 aromatic rings. The summed E-state index contributed by atoms with van der Waals surface area (Å²) in [6, 6.07) is -0.973. The van der Waals surface area contributed by atoms with Gasteiger partial charge in [-0.15, -0.1) is 0 Å². The van der Waals surface area contributed by atoms with Gasteiger partial charge in [-0.05, 0) is 33.1 Å². The first-order valence-corrected chi connectivity index (χ1v) is 12.6. The van der Waals surface area contributed by atoms with Gasteiger partial charge in [-0.3, -0.25) is 19.3 Å². The highest BCUT2D eigenvalue weighted by molar-refractivity contribution is 7.91. The number of amides is 4. The van der Waals surface area contributed by atoms with Crippen molar-refractivity contribution in [1.29, 1.82) is 0 Å². The van der Waals surface area contributed by atoms with Gasteiger partial charge in [0.2, 0.25) is 0 Å². The maximum Gasteiger partial charge on any atom is 0.327 e. The number of imide groups is 1. The summed E-state index contributed by atoms with van der Waals surface area (Å²) < 4.78 is 28.7. The van der Waals surface area contributed by atoms with Crippen molar-refractivity contribution in [2.45, 2.75) is 70.1 Å². The maximum absolute atomic E-state index is 13.0. The molecule has 4 amide bonds. The van der Waals surface area contributed by atoms with Crippen molar-refractivity contribution in [1.82, 2.24) is 14.7 Å². The Labute approximate surface area is 182 Å². The number of hydrogen-bond acceptors (Lipinski definition) is 7. The van der Waals surface area contributed by atoms with Gasteiger partial charge in [0.15, 0.2) is 15.9 Å². The van der Waals surface area contributed by atoms with Gasteiger partial charge in [-0.2, -0.15) is 0 Å². The third-order valence-electron chi connectivity index (χ3n) is 6.70. The van der Waals surface area contributed by atoms with Crippen LogP contribution in [-0.2, 0) is 29.0 Å². The van der Waals surface area contributed by atoms with Crippen molar-refractivity contribution >= 4 is 33.7 Å². The monoisotopic (exact) mass is 457 g/mol. The summed E-state index contributed by atoms with van der Waals surface area (Å²) in [4.78, 5) is 54.6. The summed E-state index contributed by atoms with van der Waals surface area (Å²) in [6.07, 6.45) is 3.05. The standard InChI is InChI=1S/C20H31N3O7S/c1-4-22(15-8-11-31(28,29)13-15)17(25)14(2)30-16(24)12-23-18(26)20(21(3)19(23)27)9-6-5-7-10-20/h14-15H,4-13H2,1-3H3. The molecule has 0 N–H and O–H groups in total. The van der Waals surface area contributed by atoms with Crippen LogP contribution in [0.4, 0.5) is 4.79 Å². The Morgan fingerprint density at radius 3 is 2.42 bits per heavy atom. The lowest BCUT2D eigenvalue weighted by Gasteiger charge is -2.35. The van der Waals surface area contributed by atoms with E-state index in [1.54, 1.807) is 14.0 Å². The van der Waals surface area contributed by atoms with Crippen LogP contribution in [0.25, 0.3) is 0 Å². The van der Waals surface area contributed by atoms with Gasteiger partial charge in [0, 0.05) is 19.6 Å². The Morgan fingerprint density at radius 2 is 1.87 bits per heavy atom. The van der Waals surface area contributed by atoms with Crippen molar-refractivity contribution < 1.29 is 32.3 Å². The molecule has 31 heavy (non-hydrogen) atoms. The molecule has 1 saturated carbocycles. The summed E-state index contributed by atoms with van der Waals surface area (Å²) in [5.41, 5.74) is -0.885. The molecule has 2 saturated heterocycles. The van der Waals surface area contributed by atoms with E-state index in [2.05, 4.69) is 0 Å². The first-order valence-electron chi connectivity index (χ1n) is 10.8. The molecule has 0 aromatic heterocycles. The molecule has 1 aliphatic carbocycles. The Morgan fingerprint density at radius 1 is 1.23 bits per heavy atom. The molecular weight excluding hydrogens is 426 g/mol. The number of nitrogens with zero attached hydrogens (tertiary/aromatic N) is 3. The SMILES string of the molecule is CCN(C(=O)C(C)OC(=O)CN1C(=O)N(C)C2(CCCCC2)C1=O)C1CCS(=O)(=O)C1. The van der Waals surface area contributed by atoms with Gasteiger partial charge in [0.05, 0.1) is 11.5 Å². The maximum atomic E-state index is 13.0. The zero-order valence-corrected chi connectivity index (χ0v) is 19.1. The second-order valence-electron chi connectivity index (χ2n) is 8.64. The molecule has 11 heteroatoms. The fraction of sp³-hybridized carbons (Fsp3) is 0.800. The summed E-state index contributed by atoms with van der Waals surface area (Å²) >= 11 is 0.